The van der Waals surface area contributed by atoms with Gasteiger partial charge in [0.15, 0.2) is 0 Å². The van der Waals surface area contributed by atoms with Gasteiger partial charge in [0, 0.05) is 17.2 Å². The Bertz CT molecular complexity index is 264. The third-order valence-corrected chi connectivity index (χ3v) is 4.04. The quantitative estimate of drug-likeness (QED) is 0.745. The smallest absolute Gasteiger partial charge is 0.0178 e. The molecular formula is C13H21NS. The maximum absolute atomic E-state index is 5.56. The first-order chi connectivity index (χ1) is 7.30. The molecule has 0 bridgehead atoms. The molecule has 0 heterocycles. The normalized spacial score (nSPS) is 10.9. The predicted octanol–water partition coefficient (Wildman–Crippen LogP) is 3.67. The summed E-state index contributed by atoms with van der Waals surface area (Å²) in [6.07, 6.45) is 2.56. The van der Waals surface area contributed by atoms with Crippen molar-refractivity contribution in [2.75, 3.05) is 5.75 Å². The molecule has 0 aliphatic rings. The van der Waals surface area contributed by atoms with Crippen molar-refractivity contribution < 1.29 is 0 Å². The van der Waals surface area contributed by atoms with Gasteiger partial charge in [0.1, 0.15) is 0 Å². The van der Waals surface area contributed by atoms with E-state index in [2.05, 4.69) is 38.1 Å². The van der Waals surface area contributed by atoms with Crippen LogP contribution in [0.15, 0.2) is 29.2 Å². The number of hydrogen-bond donors (Lipinski definition) is 1. The molecule has 0 unspecified atom stereocenters. The van der Waals surface area contributed by atoms with E-state index >= 15 is 0 Å². The molecule has 1 rings (SSSR count). The van der Waals surface area contributed by atoms with Crippen LogP contribution in [0, 0.1) is 5.92 Å². The maximum atomic E-state index is 5.56. The molecule has 0 radical (unpaired) electrons. The van der Waals surface area contributed by atoms with Gasteiger partial charge in [-0.05, 0) is 23.6 Å². The molecule has 0 saturated heterocycles. The van der Waals surface area contributed by atoms with Gasteiger partial charge in [0.2, 0.25) is 0 Å². The van der Waals surface area contributed by atoms with E-state index in [4.69, 9.17) is 5.73 Å². The lowest BCUT2D eigenvalue weighted by atomic mass is 10.1. The minimum absolute atomic E-state index is 0.636. The van der Waals surface area contributed by atoms with Crippen molar-refractivity contribution in [3.8, 4) is 0 Å². The summed E-state index contributed by atoms with van der Waals surface area (Å²) in [5.41, 5.74) is 6.77. The third-order valence-electron chi connectivity index (χ3n) is 2.80. The van der Waals surface area contributed by atoms with Crippen LogP contribution in [0.3, 0.4) is 0 Å². The summed E-state index contributed by atoms with van der Waals surface area (Å²) >= 11 is 1.96. The minimum atomic E-state index is 0.636. The summed E-state index contributed by atoms with van der Waals surface area (Å²) < 4.78 is 0. The van der Waals surface area contributed by atoms with Crippen LogP contribution in [0.25, 0.3) is 0 Å². The fourth-order valence-electron chi connectivity index (χ4n) is 1.46. The van der Waals surface area contributed by atoms with Crippen LogP contribution < -0.4 is 5.73 Å². The molecule has 0 aliphatic heterocycles. The fourth-order valence-corrected chi connectivity index (χ4v) is 2.69. The van der Waals surface area contributed by atoms with Crippen molar-refractivity contribution in [3.05, 3.63) is 29.8 Å². The Labute approximate surface area is 97.4 Å². The molecular weight excluding hydrogens is 202 g/mol. The van der Waals surface area contributed by atoms with Crippen LogP contribution in [0.2, 0.25) is 0 Å². The molecule has 0 aromatic heterocycles. The summed E-state index contributed by atoms with van der Waals surface area (Å²) in [5.74, 6) is 2.08. The Kier molecular flexibility index (Phi) is 5.81. The zero-order valence-electron chi connectivity index (χ0n) is 9.70. The third kappa shape index (κ3) is 4.27. The highest BCUT2D eigenvalue weighted by Crippen LogP contribution is 2.23. The first-order valence-corrected chi connectivity index (χ1v) is 6.70. The van der Waals surface area contributed by atoms with Crippen molar-refractivity contribution >= 4 is 11.8 Å². The summed E-state index contributed by atoms with van der Waals surface area (Å²) in [7, 11) is 0. The van der Waals surface area contributed by atoms with E-state index in [0.717, 1.165) is 5.92 Å². The highest BCUT2D eigenvalue weighted by molar-refractivity contribution is 7.99. The molecule has 0 aliphatic carbocycles. The van der Waals surface area contributed by atoms with Crippen LogP contribution in [-0.2, 0) is 6.54 Å². The van der Waals surface area contributed by atoms with Gasteiger partial charge < -0.3 is 5.73 Å². The molecule has 1 aromatic rings. The summed E-state index contributed by atoms with van der Waals surface area (Å²) in [6.45, 7) is 5.18. The second-order valence-corrected chi connectivity index (χ2v) is 4.94. The van der Waals surface area contributed by atoms with Crippen LogP contribution in [0.5, 0.6) is 0 Å². The second-order valence-electron chi connectivity index (χ2n) is 3.84. The molecule has 0 amide bonds. The van der Waals surface area contributed by atoms with Gasteiger partial charge in [-0.1, -0.05) is 38.8 Å². The van der Waals surface area contributed by atoms with E-state index < -0.39 is 0 Å². The molecule has 1 nitrogen and oxygen atoms in total. The predicted molar refractivity (Wildman–Crippen MR) is 69.1 cm³/mol. The zero-order chi connectivity index (χ0) is 11.1. The maximum Gasteiger partial charge on any atom is 0.0178 e. The molecule has 2 heteroatoms. The van der Waals surface area contributed by atoms with Crippen LogP contribution >= 0.6 is 11.8 Å². The van der Waals surface area contributed by atoms with E-state index in [9.17, 15) is 0 Å². The zero-order valence-corrected chi connectivity index (χ0v) is 10.5. The lowest BCUT2D eigenvalue weighted by Crippen LogP contribution is -2.00. The lowest BCUT2D eigenvalue weighted by Gasteiger charge is -2.11. The first-order valence-electron chi connectivity index (χ1n) is 5.71. The van der Waals surface area contributed by atoms with Gasteiger partial charge in [0.05, 0.1) is 0 Å². The molecule has 84 valence electrons. The average Bonchev–Trinajstić information content (AvgIpc) is 2.31. The Balaban J connectivity index is 2.43. The Morgan fingerprint density at radius 1 is 1.13 bits per heavy atom. The lowest BCUT2D eigenvalue weighted by molar-refractivity contribution is 0.554. The SMILES string of the molecule is CCC(CC)CSc1ccc(CN)cc1. The summed E-state index contributed by atoms with van der Waals surface area (Å²) in [4.78, 5) is 1.36. The van der Waals surface area contributed by atoms with Gasteiger partial charge in [-0.3, -0.25) is 0 Å². The number of thioether (sulfide) groups is 1. The second kappa shape index (κ2) is 6.91. The van der Waals surface area contributed by atoms with Crippen molar-refractivity contribution in [2.45, 2.75) is 38.1 Å². The number of nitrogens with two attached hydrogens (primary N) is 1. The van der Waals surface area contributed by atoms with Gasteiger partial charge in [0.25, 0.3) is 0 Å². The molecule has 0 saturated carbocycles. The monoisotopic (exact) mass is 223 g/mol. The van der Waals surface area contributed by atoms with Crippen molar-refractivity contribution in [3.63, 3.8) is 0 Å². The number of rotatable bonds is 6. The highest BCUT2D eigenvalue weighted by atomic mass is 32.2. The highest BCUT2D eigenvalue weighted by Gasteiger charge is 2.03. The first kappa shape index (κ1) is 12.6. The molecule has 15 heavy (non-hydrogen) atoms. The van der Waals surface area contributed by atoms with E-state index in [-0.39, 0.29) is 0 Å². The standard InChI is InChI=1S/C13H21NS/c1-3-11(4-2)10-15-13-7-5-12(9-14)6-8-13/h5-8,11H,3-4,9-10,14H2,1-2H3. The molecule has 2 N–H and O–H groups in total. The van der Waals surface area contributed by atoms with Crippen molar-refractivity contribution in [1.29, 1.82) is 0 Å². The minimum Gasteiger partial charge on any atom is -0.326 e. The van der Waals surface area contributed by atoms with Gasteiger partial charge in [-0.25, -0.2) is 0 Å². The van der Waals surface area contributed by atoms with E-state index in [0.29, 0.717) is 6.54 Å². The number of hydrogen-bond acceptors (Lipinski definition) is 2. The molecule has 1 aromatic carbocycles. The van der Waals surface area contributed by atoms with Crippen molar-refractivity contribution in [2.24, 2.45) is 11.7 Å². The van der Waals surface area contributed by atoms with Gasteiger partial charge in [-0.15, -0.1) is 11.8 Å². The topological polar surface area (TPSA) is 26.0 Å². The van der Waals surface area contributed by atoms with Crippen LogP contribution in [-0.4, -0.2) is 5.75 Å². The van der Waals surface area contributed by atoms with Gasteiger partial charge >= 0.3 is 0 Å². The van der Waals surface area contributed by atoms with Crippen molar-refractivity contribution in [1.82, 2.24) is 0 Å². The largest absolute Gasteiger partial charge is 0.326 e. The molecule has 0 spiro atoms. The summed E-state index contributed by atoms with van der Waals surface area (Å²) in [5, 5.41) is 0. The number of benzene rings is 1. The molecule has 0 atom stereocenters. The average molecular weight is 223 g/mol. The Morgan fingerprint density at radius 3 is 2.20 bits per heavy atom. The van der Waals surface area contributed by atoms with E-state index in [1.807, 2.05) is 11.8 Å². The molecule has 0 fully saturated rings. The van der Waals surface area contributed by atoms with Crippen LogP contribution in [0.1, 0.15) is 32.3 Å². The van der Waals surface area contributed by atoms with E-state index in [1.54, 1.807) is 0 Å². The van der Waals surface area contributed by atoms with Crippen LogP contribution in [0.4, 0.5) is 0 Å². The van der Waals surface area contributed by atoms with Gasteiger partial charge in [-0.2, -0.15) is 0 Å². The fraction of sp³-hybridized carbons (Fsp3) is 0.538. The Hall–Kier alpha value is -0.470. The summed E-state index contributed by atoms with van der Waals surface area (Å²) in [6, 6.07) is 8.59. The Morgan fingerprint density at radius 2 is 1.73 bits per heavy atom. The van der Waals surface area contributed by atoms with E-state index in [1.165, 1.54) is 29.1 Å².